The molecule has 0 aliphatic carbocycles. The highest BCUT2D eigenvalue weighted by Gasteiger charge is 2.33. The summed E-state index contributed by atoms with van der Waals surface area (Å²) in [5.41, 5.74) is 8.53. The highest BCUT2D eigenvalue weighted by Crippen LogP contribution is 2.38. The van der Waals surface area contributed by atoms with Gasteiger partial charge in [-0.25, -0.2) is 0 Å². The summed E-state index contributed by atoms with van der Waals surface area (Å²) in [6.07, 6.45) is 3.42. The molecule has 1 saturated heterocycles. The quantitative estimate of drug-likeness (QED) is 0.668. The Morgan fingerprint density at radius 3 is 3.07 bits per heavy atom. The van der Waals surface area contributed by atoms with Crippen LogP contribution in [0, 0.1) is 0 Å². The van der Waals surface area contributed by atoms with Gasteiger partial charge in [0.2, 0.25) is 0 Å². The molecule has 15 heavy (non-hydrogen) atoms. The highest BCUT2D eigenvalue weighted by atomic mass is 16.3. The molecule has 80 valence electrons. The number of hydrogen-bond acceptors (Lipinski definition) is 3. The fourth-order valence-corrected chi connectivity index (χ4v) is 2.81. The van der Waals surface area contributed by atoms with Crippen LogP contribution in [0.3, 0.4) is 0 Å². The zero-order valence-electron chi connectivity index (χ0n) is 8.69. The molecule has 0 saturated carbocycles. The van der Waals surface area contributed by atoms with Crippen molar-refractivity contribution >= 4 is 5.69 Å². The van der Waals surface area contributed by atoms with Crippen molar-refractivity contribution < 1.29 is 5.11 Å². The largest absolute Gasteiger partial charge is 0.508 e. The van der Waals surface area contributed by atoms with Crippen molar-refractivity contribution in [3.8, 4) is 5.75 Å². The lowest BCUT2D eigenvalue weighted by Crippen LogP contribution is -2.47. The van der Waals surface area contributed by atoms with Crippen molar-refractivity contribution in [2.75, 3.05) is 11.4 Å². The number of anilines is 1. The molecule has 2 heterocycles. The summed E-state index contributed by atoms with van der Waals surface area (Å²) in [5, 5.41) is 9.49. The van der Waals surface area contributed by atoms with Crippen LogP contribution in [0.15, 0.2) is 18.2 Å². The molecule has 2 aliphatic heterocycles. The molecule has 2 aliphatic rings. The molecule has 0 bridgehead atoms. The van der Waals surface area contributed by atoms with Gasteiger partial charge in [0.25, 0.3) is 0 Å². The maximum absolute atomic E-state index is 9.49. The van der Waals surface area contributed by atoms with E-state index in [0.29, 0.717) is 11.8 Å². The van der Waals surface area contributed by atoms with Crippen molar-refractivity contribution in [1.29, 1.82) is 0 Å². The Labute approximate surface area is 89.5 Å². The number of aromatic hydroxyl groups is 1. The molecule has 1 aromatic carbocycles. The lowest BCUT2D eigenvalue weighted by atomic mass is 9.99. The molecule has 3 heteroatoms. The minimum absolute atomic E-state index is 0.287. The van der Waals surface area contributed by atoms with Gasteiger partial charge in [-0.3, -0.25) is 0 Å². The molecule has 1 fully saturated rings. The Bertz CT molecular complexity index is 391. The molecule has 1 aromatic rings. The van der Waals surface area contributed by atoms with Crippen molar-refractivity contribution in [3.05, 3.63) is 23.8 Å². The number of nitrogens with two attached hydrogens (primary N) is 1. The Hall–Kier alpha value is -1.22. The van der Waals surface area contributed by atoms with E-state index in [1.54, 1.807) is 6.07 Å². The molecule has 0 radical (unpaired) electrons. The predicted molar refractivity (Wildman–Crippen MR) is 60.2 cm³/mol. The van der Waals surface area contributed by atoms with Gasteiger partial charge in [0.05, 0.1) is 0 Å². The van der Waals surface area contributed by atoms with Gasteiger partial charge in [-0.15, -0.1) is 0 Å². The van der Waals surface area contributed by atoms with E-state index in [1.807, 2.05) is 12.1 Å². The molecule has 0 aromatic heterocycles. The third kappa shape index (κ3) is 1.38. The van der Waals surface area contributed by atoms with E-state index in [2.05, 4.69) is 4.90 Å². The summed E-state index contributed by atoms with van der Waals surface area (Å²) in [6.45, 7) is 0.932. The molecule has 0 amide bonds. The smallest absolute Gasteiger partial charge is 0.117 e. The highest BCUT2D eigenvalue weighted by molar-refractivity contribution is 5.62. The lowest BCUT2D eigenvalue weighted by molar-refractivity contribution is 0.432. The topological polar surface area (TPSA) is 49.5 Å². The van der Waals surface area contributed by atoms with Crippen LogP contribution in [0.1, 0.15) is 18.4 Å². The number of phenolic OH excluding ortho intramolecular Hbond substituents is 1. The average Bonchev–Trinajstić information content (AvgIpc) is 2.56. The van der Waals surface area contributed by atoms with Crippen LogP contribution >= 0.6 is 0 Å². The molecule has 2 unspecified atom stereocenters. The van der Waals surface area contributed by atoms with Crippen molar-refractivity contribution in [1.82, 2.24) is 0 Å². The first-order valence-electron chi connectivity index (χ1n) is 5.58. The number of nitrogens with zero attached hydrogens (tertiary/aromatic N) is 1. The van der Waals surface area contributed by atoms with Gasteiger partial charge >= 0.3 is 0 Å². The zero-order valence-corrected chi connectivity index (χ0v) is 8.69. The van der Waals surface area contributed by atoms with Crippen molar-refractivity contribution in [3.63, 3.8) is 0 Å². The monoisotopic (exact) mass is 204 g/mol. The predicted octanol–water partition coefficient (Wildman–Crippen LogP) is 1.24. The van der Waals surface area contributed by atoms with Crippen molar-refractivity contribution in [2.45, 2.75) is 31.3 Å². The number of hydrogen-bond donors (Lipinski definition) is 2. The Morgan fingerprint density at radius 2 is 2.20 bits per heavy atom. The minimum atomic E-state index is 0.287. The number of fused-ring (bicyclic) bond motifs is 3. The molecular formula is C12H16N2O. The van der Waals surface area contributed by atoms with Gasteiger partial charge in [-0.1, -0.05) is 6.07 Å². The van der Waals surface area contributed by atoms with E-state index in [0.717, 1.165) is 19.4 Å². The Kier molecular flexibility index (Phi) is 1.89. The molecule has 0 spiro atoms. The van der Waals surface area contributed by atoms with Gasteiger partial charge in [-0.2, -0.15) is 0 Å². The second-order valence-corrected chi connectivity index (χ2v) is 4.66. The van der Waals surface area contributed by atoms with Crippen LogP contribution in [0.25, 0.3) is 0 Å². The first-order chi connectivity index (χ1) is 7.24. The second-order valence-electron chi connectivity index (χ2n) is 4.66. The summed E-state index contributed by atoms with van der Waals surface area (Å²) >= 11 is 0. The summed E-state index contributed by atoms with van der Waals surface area (Å²) in [4.78, 5) is 2.36. The first kappa shape index (κ1) is 9.04. The van der Waals surface area contributed by atoms with Gasteiger partial charge < -0.3 is 15.7 Å². The molecular weight excluding hydrogens is 188 g/mol. The molecule has 3 N–H and O–H groups in total. The maximum Gasteiger partial charge on any atom is 0.117 e. The lowest BCUT2D eigenvalue weighted by Gasteiger charge is -2.35. The van der Waals surface area contributed by atoms with Crippen LogP contribution in [0.5, 0.6) is 5.75 Å². The summed E-state index contributed by atoms with van der Waals surface area (Å²) in [5.74, 6) is 0.355. The average molecular weight is 204 g/mol. The summed E-state index contributed by atoms with van der Waals surface area (Å²) in [7, 11) is 0. The third-order valence-electron chi connectivity index (χ3n) is 3.58. The Morgan fingerprint density at radius 1 is 1.33 bits per heavy atom. The maximum atomic E-state index is 9.49. The van der Waals surface area contributed by atoms with E-state index in [4.69, 9.17) is 5.73 Å². The van der Waals surface area contributed by atoms with Gasteiger partial charge in [0, 0.05) is 30.4 Å². The Balaban J connectivity index is 1.98. The normalized spacial score (nSPS) is 28.7. The van der Waals surface area contributed by atoms with Crippen LogP contribution in [-0.4, -0.2) is 23.7 Å². The number of piperidine rings is 1. The van der Waals surface area contributed by atoms with Crippen LogP contribution in [0.2, 0.25) is 0 Å². The van der Waals surface area contributed by atoms with E-state index < -0.39 is 0 Å². The van der Waals surface area contributed by atoms with Gasteiger partial charge in [0.1, 0.15) is 5.75 Å². The fourth-order valence-electron chi connectivity index (χ4n) is 2.81. The summed E-state index contributed by atoms with van der Waals surface area (Å²) in [6, 6.07) is 6.58. The molecule has 3 rings (SSSR count). The van der Waals surface area contributed by atoms with E-state index in [-0.39, 0.29) is 6.04 Å². The first-order valence-corrected chi connectivity index (χ1v) is 5.58. The summed E-state index contributed by atoms with van der Waals surface area (Å²) < 4.78 is 0. The second kappa shape index (κ2) is 3.14. The number of rotatable bonds is 0. The van der Waals surface area contributed by atoms with Crippen LogP contribution in [0.4, 0.5) is 5.69 Å². The minimum Gasteiger partial charge on any atom is -0.508 e. The molecule has 3 nitrogen and oxygen atoms in total. The number of benzene rings is 1. The van der Waals surface area contributed by atoms with Crippen molar-refractivity contribution in [2.24, 2.45) is 5.73 Å². The van der Waals surface area contributed by atoms with Gasteiger partial charge in [-0.05, 0) is 30.9 Å². The van der Waals surface area contributed by atoms with Crippen LogP contribution in [-0.2, 0) is 6.42 Å². The van der Waals surface area contributed by atoms with Gasteiger partial charge in [0.15, 0.2) is 0 Å². The van der Waals surface area contributed by atoms with E-state index in [1.165, 1.54) is 17.7 Å². The zero-order chi connectivity index (χ0) is 10.4. The standard InChI is InChI=1S/C12H16N2O/c13-9-2-3-10-5-8-1-4-11(15)6-12(8)14(10)7-9/h1,4,6,9-10,15H,2-3,5,7,13H2. The third-order valence-corrected chi connectivity index (χ3v) is 3.58. The SMILES string of the molecule is NC1CCC2Cc3ccc(O)cc3N2C1. The van der Waals surface area contributed by atoms with Crippen LogP contribution < -0.4 is 10.6 Å². The van der Waals surface area contributed by atoms with E-state index in [9.17, 15) is 5.11 Å². The van der Waals surface area contributed by atoms with E-state index >= 15 is 0 Å². The fraction of sp³-hybridized carbons (Fsp3) is 0.500. The molecule has 2 atom stereocenters. The number of phenols is 1.